The van der Waals surface area contributed by atoms with Crippen LogP contribution in [-0.4, -0.2) is 29.1 Å². The lowest BCUT2D eigenvalue weighted by Crippen LogP contribution is -2.57. The van der Waals surface area contributed by atoms with Gasteiger partial charge in [-0.05, 0) is 30.2 Å². The Morgan fingerprint density at radius 1 is 1.13 bits per heavy atom. The molecule has 4 N–H and O–H groups in total. The van der Waals surface area contributed by atoms with Crippen molar-refractivity contribution >= 4 is 11.8 Å². The second-order valence-corrected chi connectivity index (χ2v) is 7.18. The van der Waals surface area contributed by atoms with Gasteiger partial charge in [0.05, 0.1) is 30.2 Å². The molecule has 2 amide bonds. The van der Waals surface area contributed by atoms with E-state index in [1.54, 1.807) is 24.3 Å². The summed E-state index contributed by atoms with van der Waals surface area (Å²) in [6.45, 7) is 1.43. The van der Waals surface area contributed by atoms with Crippen molar-refractivity contribution in [1.82, 2.24) is 16.0 Å². The van der Waals surface area contributed by atoms with Gasteiger partial charge in [-0.3, -0.25) is 14.9 Å². The minimum Gasteiger partial charge on any atom is -0.391 e. The van der Waals surface area contributed by atoms with Crippen LogP contribution in [0.4, 0.5) is 13.2 Å². The Morgan fingerprint density at radius 3 is 2.33 bits per heavy atom. The van der Waals surface area contributed by atoms with Crippen LogP contribution in [-0.2, 0) is 15.8 Å². The maximum Gasteiger partial charge on any atom is 0.416 e. The first kappa shape index (κ1) is 21.8. The minimum atomic E-state index is -4.48. The molecule has 0 aromatic heterocycles. The predicted molar refractivity (Wildman–Crippen MR) is 103 cm³/mol. The summed E-state index contributed by atoms with van der Waals surface area (Å²) in [4.78, 5) is 24.9. The van der Waals surface area contributed by atoms with Gasteiger partial charge in [0.25, 0.3) is 0 Å². The Kier molecular flexibility index (Phi) is 6.42. The highest BCUT2D eigenvalue weighted by Crippen LogP contribution is 2.30. The molecule has 1 aliphatic heterocycles. The smallest absolute Gasteiger partial charge is 0.391 e. The summed E-state index contributed by atoms with van der Waals surface area (Å²) >= 11 is 0. The molecule has 30 heavy (non-hydrogen) atoms. The third-order valence-corrected chi connectivity index (χ3v) is 4.89. The van der Waals surface area contributed by atoms with Gasteiger partial charge in [0.2, 0.25) is 11.8 Å². The molecule has 0 aliphatic carbocycles. The van der Waals surface area contributed by atoms with Crippen LogP contribution in [0.25, 0.3) is 0 Å². The zero-order valence-electron chi connectivity index (χ0n) is 16.1. The highest BCUT2D eigenvalue weighted by atomic mass is 19.4. The minimum absolute atomic E-state index is 0.102. The Morgan fingerprint density at radius 2 is 1.77 bits per heavy atom. The molecule has 9 heteroatoms. The average molecular weight is 421 g/mol. The van der Waals surface area contributed by atoms with Crippen molar-refractivity contribution in [2.24, 2.45) is 0 Å². The molecule has 4 atom stereocenters. The zero-order chi connectivity index (χ0) is 21.9. The van der Waals surface area contributed by atoms with Gasteiger partial charge in [0.1, 0.15) is 6.17 Å². The first-order valence-electron chi connectivity index (χ1n) is 9.41. The standard InChI is InChI=1S/C21H22F3N3O3/c1-12(28)18(13-7-9-15(10-8-13)21(22,23)24)27-20(30)16-11-17(29)26-19(25-16)14-5-3-2-4-6-14/h2-10,12,16,18-19,25,28H,11H2,1H3,(H,26,29)(H,27,30)/t12-,16?,18-,19?/m1/s1. The lowest BCUT2D eigenvalue weighted by molar-refractivity contribution is -0.137. The van der Waals surface area contributed by atoms with E-state index >= 15 is 0 Å². The number of amides is 2. The summed E-state index contributed by atoms with van der Waals surface area (Å²) in [6, 6.07) is 11.5. The largest absolute Gasteiger partial charge is 0.416 e. The highest BCUT2D eigenvalue weighted by Gasteiger charge is 2.34. The number of benzene rings is 2. The van der Waals surface area contributed by atoms with Crippen LogP contribution in [0.2, 0.25) is 0 Å². The van der Waals surface area contributed by atoms with Gasteiger partial charge in [-0.15, -0.1) is 0 Å². The van der Waals surface area contributed by atoms with E-state index < -0.39 is 42.0 Å². The van der Waals surface area contributed by atoms with Crippen LogP contribution in [0, 0.1) is 0 Å². The van der Waals surface area contributed by atoms with Gasteiger partial charge in [-0.1, -0.05) is 42.5 Å². The van der Waals surface area contributed by atoms with Gasteiger partial charge >= 0.3 is 6.18 Å². The van der Waals surface area contributed by atoms with Gasteiger partial charge < -0.3 is 15.7 Å². The van der Waals surface area contributed by atoms with Crippen molar-refractivity contribution in [2.45, 2.75) is 43.9 Å². The molecule has 160 valence electrons. The van der Waals surface area contributed by atoms with Crippen molar-refractivity contribution in [3.63, 3.8) is 0 Å². The van der Waals surface area contributed by atoms with E-state index in [1.165, 1.54) is 19.1 Å². The third kappa shape index (κ3) is 5.17. The fourth-order valence-electron chi connectivity index (χ4n) is 3.32. The summed E-state index contributed by atoms with van der Waals surface area (Å²) in [7, 11) is 0. The lowest BCUT2D eigenvalue weighted by Gasteiger charge is -2.32. The van der Waals surface area contributed by atoms with Crippen molar-refractivity contribution in [3.05, 3.63) is 71.3 Å². The van der Waals surface area contributed by atoms with Crippen molar-refractivity contribution in [2.75, 3.05) is 0 Å². The number of alkyl halides is 3. The number of aliphatic hydroxyl groups is 1. The van der Waals surface area contributed by atoms with Crippen molar-refractivity contribution < 1.29 is 27.9 Å². The topological polar surface area (TPSA) is 90.5 Å². The number of hydrogen-bond donors (Lipinski definition) is 4. The van der Waals surface area contributed by atoms with Crippen molar-refractivity contribution in [1.29, 1.82) is 0 Å². The van der Waals surface area contributed by atoms with Crippen LogP contribution in [0.3, 0.4) is 0 Å². The molecule has 1 fully saturated rings. The monoisotopic (exact) mass is 421 g/mol. The number of nitrogens with one attached hydrogen (secondary N) is 3. The maximum atomic E-state index is 12.8. The Labute approximate surface area is 171 Å². The summed E-state index contributed by atoms with van der Waals surface area (Å²) in [5.41, 5.74) is 0.280. The molecule has 3 rings (SSSR count). The van der Waals surface area contributed by atoms with Crippen LogP contribution in [0.15, 0.2) is 54.6 Å². The molecule has 0 radical (unpaired) electrons. The Bertz CT molecular complexity index is 886. The molecule has 2 aromatic rings. The highest BCUT2D eigenvalue weighted by molar-refractivity contribution is 5.90. The summed E-state index contributed by atoms with van der Waals surface area (Å²) in [5.74, 6) is -0.845. The molecule has 1 heterocycles. The van der Waals surface area contributed by atoms with Gasteiger partial charge in [0, 0.05) is 0 Å². The normalized spacial score (nSPS) is 21.4. The fraction of sp³-hybridized carbons (Fsp3) is 0.333. The van der Waals surface area contributed by atoms with Gasteiger partial charge in [0.15, 0.2) is 0 Å². The third-order valence-electron chi connectivity index (χ3n) is 4.89. The lowest BCUT2D eigenvalue weighted by atomic mass is 9.99. The van der Waals surface area contributed by atoms with E-state index in [1.807, 2.05) is 6.07 Å². The number of carbonyl (C=O) groups is 2. The first-order chi connectivity index (χ1) is 14.1. The van der Waals surface area contributed by atoms with Gasteiger partial charge in [-0.2, -0.15) is 13.2 Å². The maximum absolute atomic E-state index is 12.8. The molecule has 2 aromatic carbocycles. The number of rotatable bonds is 5. The molecule has 1 saturated heterocycles. The van der Waals surface area contributed by atoms with E-state index in [0.29, 0.717) is 5.56 Å². The number of aliphatic hydroxyl groups excluding tert-OH is 1. The van der Waals surface area contributed by atoms with Gasteiger partial charge in [-0.25, -0.2) is 0 Å². The van der Waals surface area contributed by atoms with E-state index in [9.17, 15) is 27.9 Å². The van der Waals surface area contributed by atoms with Crippen LogP contribution in [0.1, 0.15) is 42.2 Å². The Hall–Kier alpha value is -2.91. The molecule has 2 unspecified atom stereocenters. The van der Waals surface area contributed by atoms with Crippen LogP contribution in [0.5, 0.6) is 0 Å². The first-order valence-corrected chi connectivity index (χ1v) is 9.41. The van der Waals surface area contributed by atoms with Crippen LogP contribution >= 0.6 is 0 Å². The average Bonchev–Trinajstić information content (AvgIpc) is 2.71. The van der Waals surface area contributed by atoms with Crippen LogP contribution < -0.4 is 16.0 Å². The summed E-state index contributed by atoms with van der Waals surface area (Å²) in [6.07, 6.45) is -6.20. The summed E-state index contributed by atoms with van der Waals surface area (Å²) < 4.78 is 38.3. The molecule has 0 bridgehead atoms. The molecular weight excluding hydrogens is 399 g/mol. The second-order valence-electron chi connectivity index (χ2n) is 7.18. The quantitative estimate of drug-likeness (QED) is 0.597. The zero-order valence-corrected chi connectivity index (χ0v) is 16.1. The molecule has 0 spiro atoms. The van der Waals surface area contributed by atoms with Crippen molar-refractivity contribution in [3.8, 4) is 0 Å². The SMILES string of the molecule is C[C@@H](O)[C@@H](NC(=O)C1CC(=O)NC(c2ccccc2)N1)c1ccc(C(F)(F)F)cc1. The predicted octanol–water partition coefficient (Wildman–Crippen LogP) is 2.42. The van der Waals surface area contributed by atoms with E-state index in [-0.39, 0.29) is 12.3 Å². The number of halogens is 3. The number of hydrogen-bond acceptors (Lipinski definition) is 4. The molecule has 1 aliphatic rings. The summed E-state index contributed by atoms with van der Waals surface area (Å²) in [5, 5.41) is 18.5. The second kappa shape index (κ2) is 8.85. The number of carbonyl (C=O) groups excluding carboxylic acids is 2. The van der Waals surface area contributed by atoms with E-state index in [4.69, 9.17) is 0 Å². The van der Waals surface area contributed by atoms with E-state index in [2.05, 4.69) is 16.0 Å². The molecule has 0 saturated carbocycles. The van der Waals surface area contributed by atoms with E-state index in [0.717, 1.165) is 17.7 Å². The molecule has 6 nitrogen and oxygen atoms in total. The Balaban J connectivity index is 1.74. The molecular formula is C21H22F3N3O3. The fourth-order valence-corrected chi connectivity index (χ4v) is 3.32.